The van der Waals surface area contributed by atoms with Crippen LogP contribution in [0.1, 0.15) is 10.4 Å². The van der Waals surface area contributed by atoms with E-state index in [1.807, 2.05) is 0 Å². The predicted molar refractivity (Wildman–Crippen MR) is 52.2 cm³/mol. The third-order valence-electron chi connectivity index (χ3n) is 1.79. The van der Waals surface area contributed by atoms with Crippen LogP contribution in [0.3, 0.4) is 0 Å². The van der Waals surface area contributed by atoms with E-state index in [-0.39, 0.29) is 5.82 Å². The van der Waals surface area contributed by atoms with Gasteiger partial charge in [0.25, 0.3) is 0 Å². The van der Waals surface area contributed by atoms with Gasteiger partial charge in [-0.05, 0) is 12.1 Å². The molecule has 66 valence electrons. The second-order valence-corrected chi connectivity index (χ2v) is 3.83. The summed E-state index contributed by atoms with van der Waals surface area (Å²) in [5, 5.41) is 2.57. The Morgan fingerprint density at radius 1 is 1.46 bits per heavy atom. The van der Waals surface area contributed by atoms with Crippen LogP contribution in [0.25, 0.3) is 10.1 Å². The molecule has 0 saturated heterocycles. The van der Waals surface area contributed by atoms with Crippen LogP contribution in [0.4, 0.5) is 4.39 Å². The van der Waals surface area contributed by atoms with Crippen LogP contribution < -0.4 is 0 Å². The highest BCUT2D eigenvalue weighted by atomic mass is 35.5. The smallest absolute Gasteiger partial charge is 0.150 e. The minimum Gasteiger partial charge on any atom is -0.298 e. The average Bonchev–Trinajstić information content (AvgIpc) is 2.51. The van der Waals surface area contributed by atoms with Gasteiger partial charge in [-0.2, -0.15) is 0 Å². The van der Waals surface area contributed by atoms with Crippen molar-refractivity contribution in [2.75, 3.05) is 0 Å². The van der Waals surface area contributed by atoms with Gasteiger partial charge in [0.05, 0.1) is 9.72 Å². The number of thiophene rings is 1. The van der Waals surface area contributed by atoms with Crippen LogP contribution in [0.5, 0.6) is 0 Å². The molecule has 1 aromatic carbocycles. The SMILES string of the molecule is O=Cc1ccc(F)c2scc(Cl)c12. The van der Waals surface area contributed by atoms with Gasteiger partial charge in [0.2, 0.25) is 0 Å². The molecule has 0 N–H and O–H groups in total. The van der Waals surface area contributed by atoms with Crippen molar-refractivity contribution in [2.24, 2.45) is 0 Å². The first kappa shape index (κ1) is 8.66. The van der Waals surface area contributed by atoms with E-state index in [4.69, 9.17) is 11.6 Å². The van der Waals surface area contributed by atoms with E-state index in [0.29, 0.717) is 27.0 Å². The Balaban J connectivity index is 2.96. The summed E-state index contributed by atoms with van der Waals surface area (Å²) in [5.74, 6) is -0.336. The molecule has 2 rings (SSSR count). The molecule has 4 heteroatoms. The van der Waals surface area contributed by atoms with Crippen LogP contribution in [-0.4, -0.2) is 6.29 Å². The number of aldehydes is 1. The van der Waals surface area contributed by atoms with E-state index in [1.165, 1.54) is 23.5 Å². The lowest BCUT2D eigenvalue weighted by Crippen LogP contribution is -1.83. The maximum Gasteiger partial charge on any atom is 0.150 e. The molecule has 0 amide bonds. The third-order valence-corrected chi connectivity index (χ3v) is 3.20. The molecule has 2 aromatic rings. The van der Waals surface area contributed by atoms with E-state index in [2.05, 4.69) is 0 Å². The van der Waals surface area contributed by atoms with E-state index < -0.39 is 0 Å². The zero-order chi connectivity index (χ0) is 9.42. The van der Waals surface area contributed by atoms with E-state index in [9.17, 15) is 9.18 Å². The summed E-state index contributed by atoms with van der Waals surface area (Å²) < 4.78 is 13.6. The molecule has 0 saturated carbocycles. The van der Waals surface area contributed by atoms with Gasteiger partial charge in [0.15, 0.2) is 6.29 Å². The number of carbonyl (C=O) groups excluding carboxylic acids is 1. The van der Waals surface area contributed by atoms with Crippen LogP contribution in [0.15, 0.2) is 17.5 Å². The summed E-state index contributed by atoms with van der Waals surface area (Å²) in [6.45, 7) is 0. The van der Waals surface area contributed by atoms with Crippen molar-refractivity contribution in [1.29, 1.82) is 0 Å². The van der Waals surface area contributed by atoms with Gasteiger partial charge in [-0.1, -0.05) is 11.6 Å². The lowest BCUT2D eigenvalue weighted by atomic mass is 10.1. The number of halogens is 2. The highest BCUT2D eigenvalue weighted by molar-refractivity contribution is 7.18. The van der Waals surface area contributed by atoms with Crippen LogP contribution in [0.2, 0.25) is 5.02 Å². The van der Waals surface area contributed by atoms with Gasteiger partial charge in [-0.3, -0.25) is 4.79 Å². The van der Waals surface area contributed by atoms with Gasteiger partial charge >= 0.3 is 0 Å². The van der Waals surface area contributed by atoms with Gasteiger partial charge < -0.3 is 0 Å². The molecule has 13 heavy (non-hydrogen) atoms. The third kappa shape index (κ3) is 1.24. The highest BCUT2D eigenvalue weighted by Crippen LogP contribution is 2.33. The molecule has 0 unspecified atom stereocenters. The normalized spacial score (nSPS) is 10.6. The van der Waals surface area contributed by atoms with Gasteiger partial charge in [-0.25, -0.2) is 4.39 Å². The predicted octanol–water partition coefficient (Wildman–Crippen LogP) is 3.51. The van der Waals surface area contributed by atoms with Crippen molar-refractivity contribution >= 4 is 39.3 Å². The molecule has 0 aliphatic carbocycles. The molecule has 0 fully saturated rings. The monoisotopic (exact) mass is 214 g/mol. The number of fused-ring (bicyclic) bond motifs is 1. The number of hydrogen-bond donors (Lipinski definition) is 0. The molecule has 1 heterocycles. The van der Waals surface area contributed by atoms with E-state index in [0.717, 1.165) is 0 Å². The summed E-state index contributed by atoms with van der Waals surface area (Å²) in [6, 6.07) is 2.71. The van der Waals surface area contributed by atoms with Crippen molar-refractivity contribution in [3.8, 4) is 0 Å². The van der Waals surface area contributed by atoms with E-state index in [1.54, 1.807) is 5.38 Å². The summed E-state index contributed by atoms with van der Waals surface area (Å²) in [4.78, 5) is 10.6. The minimum atomic E-state index is -0.336. The van der Waals surface area contributed by atoms with Gasteiger partial charge in [-0.15, -0.1) is 11.3 Å². The molecule has 0 radical (unpaired) electrons. The number of carbonyl (C=O) groups is 1. The van der Waals surface area contributed by atoms with Crippen molar-refractivity contribution in [1.82, 2.24) is 0 Å². The molecular formula is C9H4ClFOS. The fourth-order valence-electron chi connectivity index (χ4n) is 1.20. The zero-order valence-corrected chi connectivity index (χ0v) is 7.95. The molecule has 0 aliphatic heterocycles. The van der Waals surface area contributed by atoms with Crippen molar-refractivity contribution < 1.29 is 9.18 Å². The summed E-state index contributed by atoms with van der Waals surface area (Å²) >= 11 is 7.02. The molecular weight excluding hydrogens is 211 g/mol. The molecule has 0 spiro atoms. The summed E-state index contributed by atoms with van der Waals surface area (Å²) in [7, 11) is 0. The Kier molecular flexibility index (Phi) is 2.06. The lowest BCUT2D eigenvalue weighted by molar-refractivity contribution is 0.112. The summed E-state index contributed by atoms with van der Waals surface area (Å²) in [5.41, 5.74) is 0.433. The van der Waals surface area contributed by atoms with Crippen LogP contribution in [0, 0.1) is 5.82 Å². The molecule has 0 atom stereocenters. The molecule has 0 bridgehead atoms. The lowest BCUT2D eigenvalue weighted by Gasteiger charge is -1.95. The number of hydrogen-bond acceptors (Lipinski definition) is 2. The molecule has 1 aromatic heterocycles. The standard InChI is InChI=1S/C9H4ClFOS/c10-6-4-13-9-7(11)2-1-5(3-12)8(6)9/h1-4H. The molecule has 0 aliphatic rings. The molecule has 1 nitrogen and oxygen atoms in total. The quantitative estimate of drug-likeness (QED) is 0.664. The Morgan fingerprint density at radius 3 is 2.92 bits per heavy atom. The fraction of sp³-hybridized carbons (Fsp3) is 0. The highest BCUT2D eigenvalue weighted by Gasteiger charge is 2.10. The van der Waals surface area contributed by atoms with Crippen molar-refractivity contribution in [2.45, 2.75) is 0 Å². The Bertz CT molecular complexity index is 478. The maximum atomic E-state index is 13.2. The van der Waals surface area contributed by atoms with E-state index >= 15 is 0 Å². The van der Waals surface area contributed by atoms with Gasteiger partial charge in [0, 0.05) is 16.3 Å². The number of rotatable bonds is 1. The van der Waals surface area contributed by atoms with Crippen molar-refractivity contribution in [3.63, 3.8) is 0 Å². The Morgan fingerprint density at radius 2 is 2.23 bits per heavy atom. The second kappa shape index (κ2) is 3.09. The van der Waals surface area contributed by atoms with Crippen LogP contribution in [-0.2, 0) is 0 Å². The fourth-order valence-corrected chi connectivity index (χ4v) is 2.46. The average molecular weight is 215 g/mol. The number of benzene rings is 1. The topological polar surface area (TPSA) is 17.1 Å². The second-order valence-electron chi connectivity index (χ2n) is 2.54. The van der Waals surface area contributed by atoms with Crippen LogP contribution >= 0.6 is 22.9 Å². The first-order valence-electron chi connectivity index (χ1n) is 3.54. The maximum absolute atomic E-state index is 13.2. The first-order chi connectivity index (χ1) is 6.24. The van der Waals surface area contributed by atoms with Gasteiger partial charge in [0.1, 0.15) is 5.82 Å². The summed E-state index contributed by atoms with van der Waals surface area (Å²) in [6.07, 6.45) is 0.681. The Hall–Kier alpha value is -0.930. The Labute approximate surface area is 82.7 Å². The zero-order valence-electron chi connectivity index (χ0n) is 6.38. The largest absolute Gasteiger partial charge is 0.298 e. The minimum absolute atomic E-state index is 0.336. The first-order valence-corrected chi connectivity index (χ1v) is 4.80. The van der Waals surface area contributed by atoms with Crippen molar-refractivity contribution in [3.05, 3.63) is 33.9 Å².